The van der Waals surface area contributed by atoms with Crippen LogP contribution in [-0.2, 0) is 9.53 Å². The van der Waals surface area contributed by atoms with E-state index in [0.717, 1.165) is 12.1 Å². The molecule has 0 spiro atoms. The first-order valence-corrected chi connectivity index (χ1v) is 8.14. The largest absolute Gasteiger partial charge is 0.493 e. The SMILES string of the molecule is CCOc1ccc(C(=O)O[C@H](C)C(=O)Nc2c(F)cccc2F)cc1OC. The molecule has 0 heterocycles. The number of carbonyl (C=O) groups excluding carboxylic acids is 2. The third kappa shape index (κ3) is 4.93. The number of esters is 1. The van der Waals surface area contributed by atoms with Gasteiger partial charge in [-0.15, -0.1) is 0 Å². The van der Waals surface area contributed by atoms with E-state index in [1.54, 1.807) is 13.0 Å². The number of anilines is 1. The van der Waals surface area contributed by atoms with Crippen molar-refractivity contribution in [3.8, 4) is 11.5 Å². The third-order valence-corrected chi connectivity index (χ3v) is 3.56. The molecular weight excluding hydrogens is 360 g/mol. The second kappa shape index (κ2) is 8.98. The van der Waals surface area contributed by atoms with Crippen molar-refractivity contribution >= 4 is 17.6 Å². The number of halogens is 2. The van der Waals surface area contributed by atoms with Crippen LogP contribution in [0.2, 0.25) is 0 Å². The lowest BCUT2D eigenvalue weighted by atomic mass is 10.2. The first-order valence-electron chi connectivity index (χ1n) is 8.14. The zero-order valence-corrected chi connectivity index (χ0v) is 15.0. The van der Waals surface area contributed by atoms with Gasteiger partial charge in [-0.05, 0) is 44.2 Å². The van der Waals surface area contributed by atoms with E-state index in [0.29, 0.717) is 18.1 Å². The van der Waals surface area contributed by atoms with Crippen LogP contribution in [0.1, 0.15) is 24.2 Å². The van der Waals surface area contributed by atoms with Crippen LogP contribution in [-0.4, -0.2) is 31.7 Å². The summed E-state index contributed by atoms with van der Waals surface area (Å²) in [5, 5.41) is 2.07. The Morgan fingerprint density at radius 2 is 1.78 bits per heavy atom. The van der Waals surface area contributed by atoms with Crippen LogP contribution in [0.5, 0.6) is 11.5 Å². The second-order valence-corrected chi connectivity index (χ2v) is 5.43. The third-order valence-electron chi connectivity index (χ3n) is 3.56. The summed E-state index contributed by atoms with van der Waals surface area (Å²) < 4.78 is 42.8. The van der Waals surface area contributed by atoms with E-state index in [-0.39, 0.29) is 5.56 Å². The number of amides is 1. The molecule has 0 aromatic heterocycles. The van der Waals surface area contributed by atoms with E-state index in [2.05, 4.69) is 5.32 Å². The highest BCUT2D eigenvalue weighted by Gasteiger charge is 2.22. The number of carbonyl (C=O) groups is 2. The molecule has 2 aromatic carbocycles. The van der Waals surface area contributed by atoms with Crippen molar-refractivity contribution in [2.24, 2.45) is 0 Å². The van der Waals surface area contributed by atoms with Crippen LogP contribution in [0.4, 0.5) is 14.5 Å². The van der Waals surface area contributed by atoms with Crippen LogP contribution < -0.4 is 14.8 Å². The smallest absolute Gasteiger partial charge is 0.339 e. The van der Waals surface area contributed by atoms with Crippen molar-refractivity contribution in [3.05, 3.63) is 53.6 Å². The molecule has 6 nitrogen and oxygen atoms in total. The van der Waals surface area contributed by atoms with Gasteiger partial charge in [0.15, 0.2) is 17.6 Å². The van der Waals surface area contributed by atoms with Crippen LogP contribution >= 0.6 is 0 Å². The Morgan fingerprint density at radius 1 is 1.11 bits per heavy atom. The van der Waals surface area contributed by atoms with E-state index in [1.807, 2.05) is 0 Å². The molecule has 8 heteroatoms. The molecular formula is C19H19F2NO5. The maximum atomic E-state index is 13.6. The second-order valence-electron chi connectivity index (χ2n) is 5.43. The fourth-order valence-corrected chi connectivity index (χ4v) is 2.19. The van der Waals surface area contributed by atoms with Crippen molar-refractivity contribution in [1.82, 2.24) is 0 Å². The molecule has 0 saturated heterocycles. The van der Waals surface area contributed by atoms with E-state index in [9.17, 15) is 18.4 Å². The van der Waals surface area contributed by atoms with Gasteiger partial charge in [-0.25, -0.2) is 13.6 Å². The Kier molecular flexibility index (Phi) is 6.70. The summed E-state index contributed by atoms with van der Waals surface area (Å²) >= 11 is 0. The molecule has 1 amide bonds. The maximum Gasteiger partial charge on any atom is 0.339 e. The molecule has 0 fully saturated rings. The molecule has 0 unspecified atom stereocenters. The predicted octanol–water partition coefficient (Wildman–Crippen LogP) is 3.56. The normalized spacial score (nSPS) is 11.4. The van der Waals surface area contributed by atoms with Gasteiger partial charge in [0, 0.05) is 0 Å². The van der Waals surface area contributed by atoms with Crippen molar-refractivity contribution < 1.29 is 32.6 Å². The van der Waals surface area contributed by atoms with Gasteiger partial charge < -0.3 is 19.5 Å². The highest BCUT2D eigenvalue weighted by molar-refractivity contribution is 5.97. The molecule has 0 aliphatic heterocycles. The molecule has 0 saturated carbocycles. The molecule has 144 valence electrons. The number of benzene rings is 2. The predicted molar refractivity (Wildman–Crippen MR) is 94.0 cm³/mol. The van der Waals surface area contributed by atoms with Crippen molar-refractivity contribution in [2.45, 2.75) is 20.0 Å². The number of hydrogen-bond acceptors (Lipinski definition) is 5. The van der Waals surface area contributed by atoms with Crippen molar-refractivity contribution in [1.29, 1.82) is 0 Å². The molecule has 2 aromatic rings. The molecule has 0 bridgehead atoms. The van der Waals surface area contributed by atoms with E-state index in [1.165, 1.54) is 32.2 Å². The quantitative estimate of drug-likeness (QED) is 0.745. The highest BCUT2D eigenvalue weighted by atomic mass is 19.1. The lowest BCUT2D eigenvalue weighted by Gasteiger charge is -2.15. The zero-order valence-electron chi connectivity index (χ0n) is 15.0. The average molecular weight is 379 g/mol. The summed E-state index contributed by atoms with van der Waals surface area (Å²) in [6, 6.07) is 7.58. The molecule has 1 N–H and O–H groups in total. The number of hydrogen-bond donors (Lipinski definition) is 1. The number of nitrogens with one attached hydrogen (secondary N) is 1. The summed E-state index contributed by atoms with van der Waals surface area (Å²) in [5.41, 5.74) is -0.472. The molecule has 0 aliphatic rings. The Morgan fingerprint density at radius 3 is 2.37 bits per heavy atom. The van der Waals surface area contributed by atoms with Gasteiger partial charge in [-0.2, -0.15) is 0 Å². The molecule has 0 aliphatic carbocycles. The molecule has 27 heavy (non-hydrogen) atoms. The number of methoxy groups -OCH3 is 1. The number of para-hydroxylation sites is 1. The highest BCUT2D eigenvalue weighted by Crippen LogP contribution is 2.28. The maximum absolute atomic E-state index is 13.6. The van der Waals surface area contributed by atoms with Crippen molar-refractivity contribution in [2.75, 3.05) is 19.0 Å². The monoisotopic (exact) mass is 379 g/mol. The summed E-state index contributed by atoms with van der Waals surface area (Å²) in [6.07, 6.45) is -1.28. The first kappa shape index (κ1) is 20.2. The van der Waals surface area contributed by atoms with Gasteiger partial charge >= 0.3 is 5.97 Å². The number of ether oxygens (including phenoxy) is 3. The zero-order chi connectivity index (χ0) is 20.0. The van der Waals surface area contributed by atoms with Gasteiger partial charge in [-0.1, -0.05) is 6.07 Å². The molecule has 1 atom stereocenters. The minimum atomic E-state index is -1.28. The standard InChI is InChI=1S/C19H19F2NO5/c1-4-26-15-9-8-12(10-16(15)25-3)19(24)27-11(2)18(23)22-17-13(20)6-5-7-14(17)21/h5-11H,4H2,1-3H3,(H,22,23)/t11-/m1/s1. The lowest BCUT2D eigenvalue weighted by Crippen LogP contribution is -2.30. The Balaban J connectivity index is 2.07. The van der Waals surface area contributed by atoms with Gasteiger partial charge in [-0.3, -0.25) is 4.79 Å². The Hall–Kier alpha value is -3.16. The van der Waals surface area contributed by atoms with Gasteiger partial charge in [0.2, 0.25) is 0 Å². The van der Waals surface area contributed by atoms with Crippen LogP contribution in [0, 0.1) is 11.6 Å². The van der Waals surface area contributed by atoms with Gasteiger partial charge in [0.1, 0.15) is 17.3 Å². The first-order chi connectivity index (χ1) is 12.9. The molecule has 0 radical (unpaired) electrons. The Labute approximate surface area is 155 Å². The van der Waals surface area contributed by atoms with E-state index >= 15 is 0 Å². The van der Waals surface area contributed by atoms with Gasteiger partial charge in [0.05, 0.1) is 19.3 Å². The van der Waals surface area contributed by atoms with Crippen LogP contribution in [0.15, 0.2) is 36.4 Å². The summed E-state index contributed by atoms with van der Waals surface area (Å²) in [4.78, 5) is 24.3. The van der Waals surface area contributed by atoms with Crippen molar-refractivity contribution in [3.63, 3.8) is 0 Å². The van der Waals surface area contributed by atoms with Gasteiger partial charge in [0.25, 0.3) is 5.91 Å². The topological polar surface area (TPSA) is 73.9 Å². The minimum absolute atomic E-state index is 0.132. The average Bonchev–Trinajstić information content (AvgIpc) is 2.65. The van der Waals surface area contributed by atoms with E-state index < -0.39 is 35.3 Å². The minimum Gasteiger partial charge on any atom is -0.493 e. The lowest BCUT2D eigenvalue weighted by molar-refractivity contribution is -0.123. The summed E-state index contributed by atoms with van der Waals surface area (Å²) in [5.74, 6) is -2.75. The van der Waals surface area contributed by atoms with E-state index in [4.69, 9.17) is 14.2 Å². The summed E-state index contributed by atoms with van der Waals surface area (Å²) in [6.45, 7) is 3.52. The molecule has 2 rings (SSSR count). The summed E-state index contributed by atoms with van der Waals surface area (Å²) in [7, 11) is 1.42. The van der Waals surface area contributed by atoms with Crippen LogP contribution in [0.3, 0.4) is 0 Å². The fraction of sp³-hybridized carbons (Fsp3) is 0.263. The number of rotatable bonds is 7. The van der Waals surface area contributed by atoms with Crippen LogP contribution in [0.25, 0.3) is 0 Å². The fourth-order valence-electron chi connectivity index (χ4n) is 2.19. The Bertz CT molecular complexity index is 821.